The summed E-state index contributed by atoms with van der Waals surface area (Å²) in [6, 6.07) is 8.75. The molecule has 0 radical (unpaired) electrons. The number of nitrogens with zero attached hydrogens (tertiary/aromatic N) is 1. The Bertz CT molecular complexity index is 990. The predicted octanol–water partition coefficient (Wildman–Crippen LogP) is 2.52. The second-order valence-electron chi connectivity index (χ2n) is 5.27. The Balaban J connectivity index is 2.08. The molecule has 3 N–H and O–H groups in total. The summed E-state index contributed by atoms with van der Waals surface area (Å²) in [6.07, 6.45) is 1.50. The van der Waals surface area contributed by atoms with Crippen molar-refractivity contribution in [2.45, 2.75) is 13.0 Å². The highest BCUT2D eigenvalue weighted by atomic mass is 32.2. The summed E-state index contributed by atoms with van der Waals surface area (Å²) in [7, 11) is 0. The van der Waals surface area contributed by atoms with Crippen LogP contribution in [0.25, 0.3) is 22.2 Å². The largest absolute Gasteiger partial charge is 0.307 e. The molecular formula is C16H14FN3O3S. The van der Waals surface area contributed by atoms with Crippen LogP contribution in [0.2, 0.25) is 0 Å². The number of aromatic nitrogens is 2. The van der Waals surface area contributed by atoms with Crippen LogP contribution in [0.3, 0.4) is 0 Å². The van der Waals surface area contributed by atoms with Crippen LogP contribution in [0.15, 0.2) is 47.4 Å². The minimum atomic E-state index is -2.18. The van der Waals surface area contributed by atoms with Gasteiger partial charge in [-0.3, -0.25) is 9.35 Å². The van der Waals surface area contributed by atoms with E-state index < -0.39 is 23.1 Å². The van der Waals surface area contributed by atoms with Crippen LogP contribution in [0.5, 0.6) is 0 Å². The molecule has 0 aliphatic rings. The first-order valence-electron chi connectivity index (χ1n) is 7.10. The summed E-state index contributed by atoms with van der Waals surface area (Å²) in [6.45, 7) is 1.66. The van der Waals surface area contributed by atoms with E-state index in [0.29, 0.717) is 27.7 Å². The number of fused-ring (bicyclic) bond motifs is 1. The second-order valence-corrected chi connectivity index (χ2v) is 6.01. The number of hydrogen-bond donors (Lipinski definition) is 3. The normalized spacial score (nSPS) is 13.8. The van der Waals surface area contributed by atoms with Gasteiger partial charge < -0.3 is 4.98 Å². The number of nitrogens with one attached hydrogen (secondary N) is 2. The van der Waals surface area contributed by atoms with Crippen LogP contribution in [0.4, 0.5) is 4.39 Å². The fourth-order valence-corrected chi connectivity index (χ4v) is 2.97. The Morgan fingerprint density at radius 2 is 2.04 bits per heavy atom. The van der Waals surface area contributed by atoms with Gasteiger partial charge in [-0.2, -0.15) is 0 Å². The Kier molecular flexibility index (Phi) is 4.52. The maximum Gasteiger partial charge on any atom is 0.249 e. The van der Waals surface area contributed by atoms with E-state index in [1.54, 1.807) is 31.2 Å². The standard InChI is InChI=1S/C16H14FN3O3S/c1-9(20-24(22)23)10-2-3-12(14(17)8-10)11-6-7-18-16-13(11)4-5-15(21)19-16/h2-9,20H,1H3,(H,22,23)(H,18,19,21). The van der Waals surface area contributed by atoms with E-state index in [2.05, 4.69) is 14.7 Å². The van der Waals surface area contributed by atoms with E-state index in [9.17, 15) is 13.4 Å². The highest BCUT2D eigenvalue weighted by Gasteiger charge is 2.14. The van der Waals surface area contributed by atoms with Crippen LogP contribution in [0, 0.1) is 5.82 Å². The number of halogens is 1. The van der Waals surface area contributed by atoms with Gasteiger partial charge in [-0.15, -0.1) is 0 Å². The van der Waals surface area contributed by atoms with Crippen LogP contribution < -0.4 is 10.3 Å². The molecular weight excluding hydrogens is 333 g/mol. The van der Waals surface area contributed by atoms with E-state index in [1.807, 2.05) is 0 Å². The summed E-state index contributed by atoms with van der Waals surface area (Å²) in [4.78, 5) is 18.1. The van der Waals surface area contributed by atoms with E-state index in [0.717, 1.165) is 0 Å². The summed E-state index contributed by atoms with van der Waals surface area (Å²) in [5.74, 6) is -0.469. The van der Waals surface area contributed by atoms with Crippen LogP contribution in [-0.4, -0.2) is 18.7 Å². The SMILES string of the molecule is CC(NS(=O)O)c1ccc(-c2ccnc3[nH]c(=O)ccc23)c(F)c1. The Morgan fingerprint density at radius 3 is 2.75 bits per heavy atom. The molecule has 2 atom stereocenters. The minimum absolute atomic E-state index is 0.278. The number of H-pyrrole nitrogens is 1. The summed E-state index contributed by atoms with van der Waals surface area (Å²) in [5.41, 5.74) is 1.61. The number of hydrogen-bond acceptors (Lipinski definition) is 3. The van der Waals surface area contributed by atoms with Crippen molar-refractivity contribution in [3.63, 3.8) is 0 Å². The van der Waals surface area contributed by atoms with Gasteiger partial charge in [0.1, 0.15) is 11.5 Å². The molecule has 0 aliphatic carbocycles. The summed E-state index contributed by atoms with van der Waals surface area (Å²) in [5, 5.41) is 0.631. The van der Waals surface area contributed by atoms with Gasteiger partial charge in [0.05, 0.1) is 0 Å². The minimum Gasteiger partial charge on any atom is -0.307 e. The molecule has 24 heavy (non-hydrogen) atoms. The Hall–Kier alpha value is -2.42. The zero-order valence-electron chi connectivity index (χ0n) is 12.6. The first kappa shape index (κ1) is 16.4. The van der Waals surface area contributed by atoms with Gasteiger partial charge in [0.15, 0.2) is 0 Å². The van der Waals surface area contributed by atoms with Crippen molar-refractivity contribution in [3.8, 4) is 11.1 Å². The maximum absolute atomic E-state index is 14.6. The molecule has 1 aromatic carbocycles. The van der Waals surface area contributed by atoms with Gasteiger partial charge >= 0.3 is 0 Å². The van der Waals surface area contributed by atoms with Crippen molar-refractivity contribution in [2.75, 3.05) is 0 Å². The van der Waals surface area contributed by atoms with Crippen molar-refractivity contribution in [3.05, 3.63) is 64.3 Å². The molecule has 3 aromatic rings. The lowest BCUT2D eigenvalue weighted by Crippen LogP contribution is -2.20. The molecule has 2 heterocycles. The average Bonchev–Trinajstić information content (AvgIpc) is 2.53. The van der Waals surface area contributed by atoms with Crippen molar-refractivity contribution >= 4 is 22.3 Å². The zero-order valence-corrected chi connectivity index (χ0v) is 13.4. The second kappa shape index (κ2) is 6.60. The first-order chi connectivity index (χ1) is 11.5. The molecule has 0 saturated carbocycles. The summed E-state index contributed by atoms with van der Waals surface area (Å²) < 4.78 is 36.6. The van der Waals surface area contributed by atoms with E-state index in [1.165, 1.54) is 18.3 Å². The van der Waals surface area contributed by atoms with Crippen LogP contribution in [-0.2, 0) is 11.3 Å². The fourth-order valence-electron chi connectivity index (χ4n) is 2.53. The van der Waals surface area contributed by atoms with Gasteiger partial charge in [0.2, 0.25) is 16.8 Å². The number of pyridine rings is 2. The van der Waals surface area contributed by atoms with Gasteiger partial charge in [0, 0.05) is 29.3 Å². The molecule has 6 nitrogen and oxygen atoms in total. The van der Waals surface area contributed by atoms with Gasteiger partial charge in [-0.25, -0.2) is 18.3 Å². The third-order valence-corrected chi connectivity index (χ3v) is 4.25. The maximum atomic E-state index is 14.6. The van der Waals surface area contributed by atoms with Crippen molar-refractivity contribution < 1.29 is 13.2 Å². The molecule has 2 unspecified atom stereocenters. The predicted molar refractivity (Wildman–Crippen MR) is 90.1 cm³/mol. The monoisotopic (exact) mass is 347 g/mol. The van der Waals surface area contributed by atoms with Crippen LogP contribution in [0.1, 0.15) is 18.5 Å². The average molecular weight is 347 g/mol. The molecule has 0 aliphatic heterocycles. The molecule has 124 valence electrons. The van der Waals surface area contributed by atoms with Crippen molar-refractivity contribution in [1.29, 1.82) is 0 Å². The van der Waals surface area contributed by atoms with Crippen molar-refractivity contribution in [1.82, 2.24) is 14.7 Å². The van der Waals surface area contributed by atoms with Gasteiger partial charge in [-0.1, -0.05) is 12.1 Å². The van der Waals surface area contributed by atoms with Gasteiger partial charge in [0.25, 0.3) is 0 Å². The molecule has 0 fully saturated rings. The van der Waals surface area contributed by atoms with E-state index in [-0.39, 0.29) is 5.56 Å². The van der Waals surface area contributed by atoms with E-state index in [4.69, 9.17) is 4.55 Å². The number of benzene rings is 1. The Morgan fingerprint density at radius 1 is 1.25 bits per heavy atom. The highest BCUT2D eigenvalue weighted by Crippen LogP contribution is 2.30. The van der Waals surface area contributed by atoms with Crippen molar-refractivity contribution in [2.24, 2.45) is 0 Å². The topological polar surface area (TPSA) is 95.1 Å². The quantitative estimate of drug-likeness (QED) is 0.632. The molecule has 0 amide bonds. The zero-order chi connectivity index (χ0) is 17.3. The lowest BCUT2D eigenvalue weighted by molar-refractivity contribution is 0.534. The van der Waals surface area contributed by atoms with Crippen LogP contribution >= 0.6 is 0 Å². The smallest absolute Gasteiger partial charge is 0.249 e. The van der Waals surface area contributed by atoms with E-state index >= 15 is 0 Å². The fraction of sp³-hybridized carbons (Fsp3) is 0.125. The first-order valence-corrected chi connectivity index (χ1v) is 8.21. The third kappa shape index (κ3) is 3.25. The lowest BCUT2D eigenvalue weighted by Gasteiger charge is -2.13. The molecule has 0 bridgehead atoms. The molecule has 8 heteroatoms. The summed E-state index contributed by atoms with van der Waals surface area (Å²) >= 11 is -2.18. The third-order valence-electron chi connectivity index (χ3n) is 3.69. The molecule has 0 spiro atoms. The number of rotatable bonds is 4. The molecule has 2 aromatic heterocycles. The molecule has 0 saturated heterocycles. The number of aromatic amines is 1. The van der Waals surface area contributed by atoms with Gasteiger partial charge in [-0.05, 0) is 36.2 Å². The lowest BCUT2D eigenvalue weighted by atomic mass is 9.99. The highest BCUT2D eigenvalue weighted by molar-refractivity contribution is 7.77. The Labute approximate surface area is 139 Å². The molecule has 3 rings (SSSR count).